The van der Waals surface area contributed by atoms with E-state index in [1.807, 2.05) is 0 Å². The molecular weight excluding hydrogens is 318 g/mol. The number of carbonyl (C=O) groups excluding carboxylic acids is 1. The molecule has 0 saturated heterocycles. The average Bonchev–Trinajstić information content (AvgIpc) is 2.53. The van der Waals surface area contributed by atoms with Crippen LogP contribution in [0.15, 0.2) is 59.5 Å². The molecule has 1 amide bonds. The normalized spacial score (nSPS) is 11.0. The number of hydrogen-bond acceptors (Lipinski definition) is 5. The van der Waals surface area contributed by atoms with Crippen LogP contribution in [0, 0.1) is 0 Å². The number of nitrogens with one attached hydrogen (secondary N) is 1. The number of amides is 1. The van der Waals surface area contributed by atoms with E-state index in [-0.39, 0.29) is 24.0 Å². The Hall–Kier alpha value is -2.38. The molecule has 0 aliphatic heterocycles. The van der Waals surface area contributed by atoms with Gasteiger partial charge in [0.05, 0.1) is 4.90 Å². The van der Waals surface area contributed by atoms with Gasteiger partial charge >= 0.3 is 0 Å². The summed E-state index contributed by atoms with van der Waals surface area (Å²) in [4.78, 5) is 11.0. The number of anilines is 1. The third-order valence-electron chi connectivity index (χ3n) is 2.80. The molecule has 2 rings (SSSR count). The van der Waals surface area contributed by atoms with Gasteiger partial charge in [-0.25, -0.2) is 0 Å². The van der Waals surface area contributed by atoms with Gasteiger partial charge in [0.15, 0.2) is 0 Å². The summed E-state index contributed by atoms with van der Waals surface area (Å²) in [7, 11) is -3.76. The average molecular weight is 335 g/mol. The highest BCUT2D eigenvalue weighted by Gasteiger charge is 2.13. The van der Waals surface area contributed by atoms with Gasteiger partial charge in [-0.05, 0) is 36.4 Å². The second-order valence-electron chi connectivity index (χ2n) is 4.64. The van der Waals surface area contributed by atoms with E-state index in [1.165, 1.54) is 19.1 Å². The van der Waals surface area contributed by atoms with Crippen LogP contribution in [0.2, 0.25) is 0 Å². The van der Waals surface area contributed by atoms with Crippen LogP contribution in [0.3, 0.4) is 0 Å². The van der Waals surface area contributed by atoms with Gasteiger partial charge in [0.1, 0.15) is 19.0 Å². The van der Waals surface area contributed by atoms with Gasteiger partial charge in [-0.3, -0.25) is 8.98 Å². The molecule has 1 N–H and O–H groups in total. The monoisotopic (exact) mass is 335 g/mol. The topological polar surface area (TPSA) is 81.7 Å². The summed E-state index contributed by atoms with van der Waals surface area (Å²) in [6.07, 6.45) is 0. The molecule has 0 radical (unpaired) electrons. The van der Waals surface area contributed by atoms with Crippen molar-refractivity contribution in [3.8, 4) is 5.75 Å². The first-order chi connectivity index (χ1) is 11.0. The van der Waals surface area contributed by atoms with Crippen LogP contribution in [-0.4, -0.2) is 27.5 Å². The molecule has 0 saturated carbocycles. The highest BCUT2D eigenvalue weighted by Crippen LogP contribution is 2.16. The summed E-state index contributed by atoms with van der Waals surface area (Å²) in [5.41, 5.74) is 0.660. The SMILES string of the molecule is CC(=O)Nc1ccc(OCCOS(=O)(=O)c2ccccc2)cc1. The summed E-state index contributed by atoms with van der Waals surface area (Å²) in [5, 5.41) is 2.64. The standard InChI is InChI=1S/C16H17NO5S/c1-13(18)17-14-7-9-15(10-8-14)21-11-12-22-23(19,20)16-5-3-2-4-6-16/h2-10H,11-12H2,1H3,(H,17,18). The van der Waals surface area contributed by atoms with Crippen molar-refractivity contribution in [2.24, 2.45) is 0 Å². The molecule has 122 valence electrons. The molecule has 0 atom stereocenters. The minimum atomic E-state index is -3.76. The predicted molar refractivity (Wildman–Crippen MR) is 85.8 cm³/mol. The minimum Gasteiger partial charge on any atom is -0.491 e. The molecule has 6 nitrogen and oxygen atoms in total. The van der Waals surface area contributed by atoms with Crippen molar-refractivity contribution in [3.63, 3.8) is 0 Å². The lowest BCUT2D eigenvalue weighted by Crippen LogP contribution is -2.13. The molecule has 0 aliphatic carbocycles. The fourth-order valence-corrected chi connectivity index (χ4v) is 2.71. The Labute approximate surface area is 135 Å². The Morgan fingerprint density at radius 2 is 1.65 bits per heavy atom. The summed E-state index contributed by atoms with van der Waals surface area (Å²) >= 11 is 0. The fraction of sp³-hybridized carbons (Fsp3) is 0.188. The van der Waals surface area contributed by atoms with Crippen molar-refractivity contribution in [2.75, 3.05) is 18.5 Å². The van der Waals surface area contributed by atoms with Crippen molar-refractivity contribution >= 4 is 21.7 Å². The van der Waals surface area contributed by atoms with Gasteiger partial charge in [-0.1, -0.05) is 18.2 Å². The van der Waals surface area contributed by atoms with Crippen LogP contribution < -0.4 is 10.1 Å². The smallest absolute Gasteiger partial charge is 0.297 e. The first-order valence-electron chi connectivity index (χ1n) is 6.92. The molecule has 0 spiro atoms. The van der Waals surface area contributed by atoms with Gasteiger partial charge in [-0.15, -0.1) is 0 Å². The molecule has 0 bridgehead atoms. The zero-order valence-corrected chi connectivity index (χ0v) is 13.4. The Bertz CT molecular complexity index is 742. The molecule has 0 heterocycles. The summed E-state index contributed by atoms with van der Waals surface area (Å²) < 4.78 is 34.0. The second kappa shape index (κ2) is 7.75. The Morgan fingerprint density at radius 1 is 1.00 bits per heavy atom. The van der Waals surface area contributed by atoms with Crippen molar-refractivity contribution in [1.29, 1.82) is 0 Å². The second-order valence-corrected chi connectivity index (χ2v) is 6.26. The highest BCUT2D eigenvalue weighted by molar-refractivity contribution is 7.86. The molecule has 0 aliphatic rings. The molecule has 0 aromatic heterocycles. The lowest BCUT2D eigenvalue weighted by Gasteiger charge is -2.08. The number of ether oxygens (including phenoxy) is 1. The van der Waals surface area contributed by atoms with Crippen LogP contribution in [0.5, 0.6) is 5.75 Å². The van der Waals surface area contributed by atoms with E-state index in [0.717, 1.165) is 0 Å². The van der Waals surface area contributed by atoms with E-state index in [4.69, 9.17) is 8.92 Å². The summed E-state index contributed by atoms with van der Waals surface area (Å²) in [5.74, 6) is 0.401. The number of hydrogen-bond donors (Lipinski definition) is 1. The van der Waals surface area contributed by atoms with Crippen molar-refractivity contribution in [1.82, 2.24) is 0 Å². The van der Waals surface area contributed by atoms with E-state index in [0.29, 0.717) is 11.4 Å². The molecule has 0 unspecified atom stereocenters. The van der Waals surface area contributed by atoms with Crippen LogP contribution in [0.25, 0.3) is 0 Å². The maximum Gasteiger partial charge on any atom is 0.297 e. The maximum atomic E-state index is 11.9. The molecule has 2 aromatic carbocycles. The van der Waals surface area contributed by atoms with E-state index in [2.05, 4.69) is 5.32 Å². The third-order valence-corrected chi connectivity index (χ3v) is 4.12. The fourth-order valence-electron chi connectivity index (χ4n) is 1.80. The van der Waals surface area contributed by atoms with Gasteiger partial charge in [-0.2, -0.15) is 8.42 Å². The molecule has 2 aromatic rings. The van der Waals surface area contributed by atoms with Crippen molar-refractivity contribution < 1.29 is 22.1 Å². The molecule has 0 fully saturated rings. The van der Waals surface area contributed by atoms with Gasteiger partial charge in [0.2, 0.25) is 5.91 Å². The third kappa shape index (κ3) is 5.39. The number of rotatable bonds is 7. The largest absolute Gasteiger partial charge is 0.491 e. The van der Waals surface area contributed by atoms with Crippen LogP contribution >= 0.6 is 0 Å². The van der Waals surface area contributed by atoms with E-state index >= 15 is 0 Å². The number of carbonyl (C=O) groups is 1. The lowest BCUT2D eigenvalue weighted by molar-refractivity contribution is -0.114. The van der Waals surface area contributed by atoms with Crippen LogP contribution in [0.4, 0.5) is 5.69 Å². The summed E-state index contributed by atoms with van der Waals surface area (Å²) in [6, 6.07) is 14.7. The van der Waals surface area contributed by atoms with E-state index < -0.39 is 10.1 Å². The quantitative estimate of drug-likeness (QED) is 0.621. The zero-order chi connectivity index (χ0) is 16.7. The lowest BCUT2D eigenvalue weighted by atomic mass is 10.3. The van der Waals surface area contributed by atoms with Gasteiger partial charge in [0.25, 0.3) is 10.1 Å². The van der Waals surface area contributed by atoms with Gasteiger partial charge in [0, 0.05) is 12.6 Å². The summed E-state index contributed by atoms with van der Waals surface area (Å²) in [6.45, 7) is 1.42. The first-order valence-corrected chi connectivity index (χ1v) is 8.33. The van der Waals surface area contributed by atoms with Crippen molar-refractivity contribution in [2.45, 2.75) is 11.8 Å². The highest BCUT2D eigenvalue weighted by atomic mass is 32.2. The predicted octanol–water partition coefficient (Wildman–Crippen LogP) is 2.43. The Balaban J connectivity index is 1.80. The minimum absolute atomic E-state index is 0.0888. The molecule has 23 heavy (non-hydrogen) atoms. The van der Waals surface area contributed by atoms with Crippen LogP contribution in [0.1, 0.15) is 6.92 Å². The van der Waals surface area contributed by atoms with E-state index in [1.54, 1.807) is 42.5 Å². The molecule has 7 heteroatoms. The number of benzene rings is 2. The van der Waals surface area contributed by atoms with Crippen LogP contribution in [-0.2, 0) is 19.1 Å². The molecular formula is C16H17NO5S. The Morgan fingerprint density at radius 3 is 2.26 bits per heavy atom. The first kappa shape index (κ1) is 17.0. The Kier molecular flexibility index (Phi) is 5.72. The maximum absolute atomic E-state index is 11.9. The van der Waals surface area contributed by atoms with Gasteiger partial charge < -0.3 is 10.1 Å². The van der Waals surface area contributed by atoms with Crippen molar-refractivity contribution in [3.05, 3.63) is 54.6 Å². The van der Waals surface area contributed by atoms with E-state index in [9.17, 15) is 13.2 Å². The zero-order valence-electron chi connectivity index (χ0n) is 12.6.